The van der Waals surface area contributed by atoms with E-state index < -0.39 is 0 Å². The Labute approximate surface area is 162 Å². The molecule has 0 fully saturated rings. The Morgan fingerprint density at radius 3 is 1.92 bits per heavy atom. The van der Waals surface area contributed by atoms with E-state index >= 15 is 0 Å². The van der Waals surface area contributed by atoms with Crippen molar-refractivity contribution in [3.8, 4) is 0 Å². The summed E-state index contributed by atoms with van der Waals surface area (Å²) in [6.07, 6.45) is 15.3. The summed E-state index contributed by atoms with van der Waals surface area (Å²) in [4.78, 5) is 11.7. The number of carbonyl (C=O) groups is 1. The van der Waals surface area contributed by atoms with E-state index in [0.29, 0.717) is 13.0 Å². The summed E-state index contributed by atoms with van der Waals surface area (Å²) < 4.78 is 5.32. The van der Waals surface area contributed by atoms with Gasteiger partial charge in [-0.15, -0.1) is 0 Å². The van der Waals surface area contributed by atoms with Gasteiger partial charge in [0, 0.05) is 11.8 Å². The molecule has 0 atom stereocenters. The van der Waals surface area contributed by atoms with Crippen LogP contribution in [0.15, 0.2) is 30.3 Å². The van der Waals surface area contributed by atoms with Crippen molar-refractivity contribution in [3.05, 3.63) is 35.9 Å². The first kappa shape index (κ1) is 22.2. The summed E-state index contributed by atoms with van der Waals surface area (Å²) in [5, 5.41) is 1.14. The number of ether oxygens (including phenoxy) is 1. The van der Waals surface area contributed by atoms with E-state index in [2.05, 4.69) is 28.1 Å². The fraction of sp³-hybridized carbons (Fsp3) is 0.682. The zero-order valence-electron chi connectivity index (χ0n) is 15.7. The number of hydrogen-bond acceptors (Lipinski definition) is 2. The quantitative estimate of drug-likeness (QED) is 0.169. The summed E-state index contributed by atoms with van der Waals surface area (Å²) in [5.74, 6) is -0.0422. The van der Waals surface area contributed by atoms with Crippen LogP contribution in [0, 0.1) is 0 Å². The molecule has 0 saturated heterocycles. The smallest absolute Gasteiger partial charge is 0.305 e. The highest BCUT2D eigenvalue weighted by Crippen LogP contribution is 2.11. The van der Waals surface area contributed by atoms with Crippen LogP contribution in [0.2, 0.25) is 0 Å². The van der Waals surface area contributed by atoms with Gasteiger partial charge < -0.3 is 4.74 Å². The summed E-state index contributed by atoms with van der Waals surface area (Å²) in [6.45, 7) is 0.594. The van der Waals surface area contributed by atoms with E-state index in [1.165, 1.54) is 63.4 Å². The fourth-order valence-electron chi connectivity index (χ4n) is 2.95. The first-order valence-corrected chi connectivity index (χ1v) is 11.2. The van der Waals surface area contributed by atoms with Gasteiger partial charge >= 0.3 is 5.97 Å². The number of rotatable bonds is 16. The Kier molecular flexibility index (Phi) is 14.8. The van der Waals surface area contributed by atoms with Gasteiger partial charge in [0.05, 0.1) is 6.61 Å². The predicted octanol–water partition coefficient (Wildman–Crippen LogP) is 6.85. The maximum atomic E-state index is 11.7. The van der Waals surface area contributed by atoms with Crippen LogP contribution in [0.25, 0.3) is 0 Å². The molecule has 142 valence electrons. The molecule has 2 nitrogen and oxygen atoms in total. The van der Waals surface area contributed by atoms with Gasteiger partial charge in [-0.1, -0.05) is 97.6 Å². The van der Waals surface area contributed by atoms with Crippen LogP contribution >= 0.6 is 15.9 Å². The third kappa shape index (κ3) is 14.1. The van der Waals surface area contributed by atoms with Crippen molar-refractivity contribution >= 4 is 21.9 Å². The van der Waals surface area contributed by atoms with E-state index in [4.69, 9.17) is 4.74 Å². The molecule has 25 heavy (non-hydrogen) atoms. The van der Waals surface area contributed by atoms with Gasteiger partial charge in [0.15, 0.2) is 0 Å². The molecule has 0 amide bonds. The fourth-order valence-corrected chi connectivity index (χ4v) is 3.35. The number of aryl methyl sites for hydroxylation is 1. The number of carbonyl (C=O) groups excluding carboxylic acids is 1. The second-order valence-corrected chi connectivity index (χ2v) is 7.58. The Morgan fingerprint density at radius 2 is 1.32 bits per heavy atom. The Bertz CT molecular complexity index is 419. The normalized spacial score (nSPS) is 10.8. The van der Waals surface area contributed by atoms with E-state index in [1.54, 1.807) is 0 Å². The van der Waals surface area contributed by atoms with Crippen LogP contribution in [0.1, 0.15) is 82.6 Å². The van der Waals surface area contributed by atoms with E-state index in [9.17, 15) is 4.79 Å². The standard InChI is InChI=1S/C22H35BrO2/c23-19-12-7-5-3-1-2-4-6-8-13-20-25-22(24)18-14-17-21-15-10-9-11-16-21/h9-11,15-16H,1-8,12-14,17-20H2. The number of unbranched alkanes of at least 4 members (excludes halogenated alkanes) is 9. The molecule has 0 radical (unpaired) electrons. The number of hydrogen-bond donors (Lipinski definition) is 0. The minimum Gasteiger partial charge on any atom is -0.466 e. The van der Waals surface area contributed by atoms with Crippen LogP contribution < -0.4 is 0 Å². The van der Waals surface area contributed by atoms with E-state index in [-0.39, 0.29) is 5.97 Å². The second kappa shape index (κ2) is 16.6. The van der Waals surface area contributed by atoms with Crippen LogP contribution in [0.3, 0.4) is 0 Å². The molecule has 3 heteroatoms. The molecule has 1 aromatic carbocycles. The molecule has 0 aliphatic carbocycles. The van der Waals surface area contributed by atoms with Gasteiger partial charge in [0.25, 0.3) is 0 Å². The monoisotopic (exact) mass is 410 g/mol. The minimum absolute atomic E-state index is 0.0422. The maximum Gasteiger partial charge on any atom is 0.305 e. The zero-order valence-corrected chi connectivity index (χ0v) is 17.3. The molecule has 0 saturated carbocycles. The first-order valence-electron chi connectivity index (χ1n) is 10.1. The molecule has 0 heterocycles. The third-order valence-electron chi connectivity index (χ3n) is 4.48. The number of halogens is 1. The molecule has 0 aliphatic rings. The van der Waals surface area contributed by atoms with Gasteiger partial charge in [0.2, 0.25) is 0 Å². The lowest BCUT2D eigenvalue weighted by Gasteiger charge is -2.05. The molecular weight excluding hydrogens is 376 g/mol. The molecule has 0 aromatic heterocycles. The maximum absolute atomic E-state index is 11.7. The largest absolute Gasteiger partial charge is 0.466 e. The Balaban J connectivity index is 1.81. The molecule has 0 aliphatic heterocycles. The van der Waals surface area contributed by atoms with Crippen molar-refractivity contribution in [2.45, 2.75) is 83.5 Å². The number of alkyl halides is 1. The molecule has 1 aromatic rings. The number of benzene rings is 1. The van der Waals surface area contributed by atoms with E-state index in [0.717, 1.165) is 24.6 Å². The van der Waals surface area contributed by atoms with E-state index in [1.807, 2.05) is 18.2 Å². The van der Waals surface area contributed by atoms with Gasteiger partial charge in [-0.25, -0.2) is 0 Å². The van der Waals surface area contributed by atoms with Crippen molar-refractivity contribution in [2.75, 3.05) is 11.9 Å². The Morgan fingerprint density at radius 1 is 0.760 bits per heavy atom. The number of esters is 1. The Hall–Kier alpha value is -0.830. The molecule has 0 unspecified atom stereocenters. The second-order valence-electron chi connectivity index (χ2n) is 6.78. The summed E-state index contributed by atoms with van der Waals surface area (Å²) in [6, 6.07) is 10.3. The minimum atomic E-state index is -0.0422. The van der Waals surface area contributed by atoms with Crippen LogP contribution in [0.5, 0.6) is 0 Å². The average Bonchev–Trinajstić information content (AvgIpc) is 2.63. The SMILES string of the molecule is O=C(CCCc1ccccc1)OCCCCCCCCCCCCBr. The molecule has 1 rings (SSSR count). The lowest BCUT2D eigenvalue weighted by atomic mass is 10.1. The molecule has 0 N–H and O–H groups in total. The highest BCUT2D eigenvalue weighted by Gasteiger charge is 2.03. The lowest BCUT2D eigenvalue weighted by Crippen LogP contribution is -2.06. The van der Waals surface area contributed by atoms with Gasteiger partial charge in [-0.2, -0.15) is 0 Å². The van der Waals surface area contributed by atoms with Gasteiger partial charge in [-0.3, -0.25) is 4.79 Å². The lowest BCUT2D eigenvalue weighted by molar-refractivity contribution is -0.143. The van der Waals surface area contributed by atoms with Crippen LogP contribution in [0.4, 0.5) is 0 Å². The van der Waals surface area contributed by atoms with Gasteiger partial charge in [0.1, 0.15) is 0 Å². The average molecular weight is 411 g/mol. The summed E-state index contributed by atoms with van der Waals surface area (Å²) >= 11 is 3.47. The molecular formula is C22H35BrO2. The first-order chi connectivity index (χ1) is 12.3. The zero-order chi connectivity index (χ0) is 18.0. The van der Waals surface area contributed by atoms with Gasteiger partial charge in [-0.05, 0) is 31.2 Å². The topological polar surface area (TPSA) is 26.3 Å². The molecule has 0 bridgehead atoms. The highest BCUT2D eigenvalue weighted by atomic mass is 79.9. The molecule has 0 spiro atoms. The summed E-state index contributed by atoms with van der Waals surface area (Å²) in [5.41, 5.74) is 1.29. The highest BCUT2D eigenvalue weighted by molar-refractivity contribution is 9.09. The van der Waals surface area contributed by atoms with Crippen molar-refractivity contribution in [2.24, 2.45) is 0 Å². The van der Waals surface area contributed by atoms with Crippen LogP contribution in [-0.2, 0) is 16.0 Å². The van der Waals surface area contributed by atoms with Crippen LogP contribution in [-0.4, -0.2) is 17.9 Å². The van der Waals surface area contributed by atoms with Crippen molar-refractivity contribution in [1.82, 2.24) is 0 Å². The summed E-state index contributed by atoms with van der Waals surface area (Å²) in [7, 11) is 0. The predicted molar refractivity (Wildman–Crippen MR) is 110 cm³/mol. The third-order valence-corrected chi connectivity index (χ3v) is 5.04. The van der Waals surface area contributed by atoms with Crippen molar-refractivity contribution in [3.63, 3.8) is 0 Å². The van der Waals surface area contributed by atoms with Crippen molar-refractivity contribution < 1.29 is 9.53 Å². The van der Waals surface area contributed by atoms with Crippen molar-refractivity contribution in [1.29, 1.82) is 0 Å².